The van der Waals surface area contributed by atoms with E-state index in [4.69, 9.17) is 9.72 Å². The van der Waals surface area contributed by atoms with Crippen LogP contribution in [0.4, 0.5) is 0 Å². The molecule has 36 heavy (non-hydrogen) atoms. The standard InChI is InChI=1S/C34H33NO/c1-20-10-12-26-23(16-20)18-28-32-30-27(14-15-35-32)25-13-11-22(21-8-6-5-7-9-21)17-24(25)19-29(30)36-33(28)31(26)34(2,3)4/h10-19,21H,5-9H2,1-4H3. The molecular formula is C34H33NO. The summed E-state index contributed by atoms with van der Waals surface area (Å²) in [6, 6.07) is 20.6. The van der Waals surface area contributed by atoms with Crippen molar-refractivity contribution in [3.05, 3.63) is 77.5 Å². The van der Waals surface area contributed by atoms with Crippen molar-refractivity contribution in [2.45, 2.75) is 71.1 Å². The van der Waals surface area contributed by atoms with Gasteiger partial charge in [-0.3, -0.25) is 4.98 Å². The lowest BCUT2D eigenvalue weighted by Crippen LogP contribution is -2.15. The van der Waals surface area contributed by atoms with Gasteiger partial charge in [0.2, 0.25) is 0 Å². The third-order valence-corrected chi connectivity index (χ3v) is 8.39. The van der Waals surface area contributed by atoms with Crippen molar-refractivity contribution in [2.75, 3.05) is 0 Å². The number of fused-ring (bicyclic) bond motifs is 5. The van der Waals surface area contributed by atoms with E-state index < -0.39 is 0 Å². The third-order valence-electron chi connectivity index (χ3n) is 8.39. The molecule has 180 valence electrons. The van der Waals surface area contributed by atoms with Crippen LogP contribution >= 0.6 is 0 Å². The molecule has 2 heterocycles. The molecule has 0 bridgehead atoms. The van der Waals surface area contributed by atoms with Gasteiger partial charge in [-0.1, -0.05) is 82.0 Å². The Morgan fingerprint density at radius 1 is 0.806 bits per heavy atom. The maximum absolute atomic E-state index is 6.90. The minimum absolute atomic E-state index is 0.0742. The van der Waals surface area contributed by atoms with Gasteiger partial charge in [-0.15, -0.1) is 0 Å². The second-order valence-electron chi connectivity index (χ2n) is 12.0. The number of nitrogens with zero attached hydrogens (tertiary/aromatic N) is 1. The molecule has 4 aromatic carbocycles. The van der Waals surface area contributed by atoms with Gasteiger partial charge in [0.25, 0.3) is 0 Å². The number of hydrogen-bond acceptors (Lipinski definition) is 2. The van der Waals surface area contributed by atoms with Gasteiger partial charge in [-0.25, -0.2) is 0 Å². The first-order valence-corrected chi connectivity index (χ1v) is 13.5. The van der Waals surface area contributed by atoms with Gasteiger partial charge in [0.15, 0.2) is 0 Å². The first-order valence-electron chi connectivity index (χ1n) is 13.5. The number of hydrogen-bond donors (Lipinski definition) is 0. The second kappa shape index (κ2) is 7.80. The molecule has 2 nitrogen and oxygen atoms in total. The van der Waals surface area contributed by atoms with Crippen LogP contribution < -0.4 is 4.74 Å². The second-order valence-corrected chi connectivity index (χ2v) is 12.0. The van der Waals surface area contributed by atoms with Crippen LogP contribution in [0.2, 0.25) is 0 Å². The van der Waals surface area contributed by atoms with Crippen LogP contribution in [0.3, 0.4) is 0 Å². The van der Waals surface area contributed by atoms with E-state index in [0.29, 0.717) is 5.92 Å². The Morgan fingerprint density at radius 2 is 1.58 bits per heavy atom. The van der Waals surface area contributed by atoms with Gasteiger partial charge in [0, 0.05) is 17.3 Å². The van der Waals surface area contributed by atoms with E-state index in [0.717, 1.165) is 28.1 Å². The Labute approximate surface area is 213 Å². The van der Waals surface area contributed by atoms with Gasteiger partial charge in [-0.05, 0) is 81.8 Å². The van der Waals surface area contributed by atoms with E-state index in [1.807, 2.05) is 6.20 Å². The van der Waals surface area contributed by atoms with Crippen molar-refractivity contribution in [1.29, 1.82) is 0 Å². The monoisotopic (exact) mass is 471 g/mol. The lowest BCUT2D eigenvalue weighted by atomic mass is 9.80. The molecule has 0 saturated heterocycles. The molecule has 0 amide bonds. The molecule has 0 N–H and O–H groups in total. The van der Waals surface area contributed by atoms with Crippen molar-refractivity contribution in [2.24, 2.45) is 0 Å². The molecule has 1 aromatic heterocycles. The Balaban J connectivity index is 1.52. The highest BCUT2D eigenvalue weighted by molar-refractivity contribution is 6.16. The predicted octanol–water partition coefficient (Wildman–Crippen LogP) is 9.97. The van der Waals surface area contributed by atoms with E-state index in [1.54, 1.807) is 0 Å². The number of benzene rings is 4. The van der Waals surface area contributed by atoms with E-state index in [1.165, 1.54) is 75.7 Å². The summed E-state index contributed by atoms with van der Waals surface area (Å²) >= 11 is 0. The summed E-state index contributed by atoms with van der Waals surface area (Å²) in [5.74, 6) is 2.59. The fourth-order valence-electron chi connectivity index (χ4n) is 6.71. The smallest absolute Gasteiger partial charge is 0.141 e. The highest BCUT2D eigenvalue weighted by atomic mass is 16.5. The molecule has 1 fully saturated rings. The van der Waals surface area contributed by atoms with Crippen LogP contribution in [0.5, 0.6) is 11.5 Å². The van der Waals surface area contributed by atoms with E-state index in [2.05, 4.69) is 82.3 Å². The van der Waals surface area contributed by atoms with Crippen molar-refractivity contribution in [3.63, 3.8) is 0 Å². The Bertz CT molecular complexity index is 1680. The van der Waals surface area contributed by atoms with Gasteiger partial charge >= 0.3 is 0 Å². The number of rotatable bonds is 1. The molecule has 2 heteroatoms. The molecule has 2 aliphatic rings. The van der Waals surface area contributed by atoms with Crippen LogP contribution in [0.1, 0.15) is 75.5 Å². The summed E-state index contributed by atoms with van der Waals surface area (Å²) in [7, 11) is 0. The van der Waals surface area contributed by atoms with Crippen molar-refractivity contribution < 1.29 is 4.74 Å². The quantitative estimate of drug-likeness (QED) is 0.223. The molecule has 1 aliphatic carbocycles. The summed E-state index contributed by atoms with van der Waals surface area (Å²) in [6.07, 6.45) is 8.68. The number of aryl methyl sites for hydroxylation is 1. The highest BCUT2D eigenvalue weighted by Crippen LogP contribution is 2.53. The van der Waals surface area contributed by atoms with E-state index >= 15 is 0 Å². The molecule has 1 saturated carbocycles. The average molecular weight is 472 g/mol. The van der Waals surface area contributed by atoms with Gasteiger partial charge in [-0.2, -0.15) is 0 Å². The Hall–Kier alpha value is -3.39. The fourth-order valence-corrected chi connectivity index (χ4v) is 6.71. The zero-order valence-corrected chi connectivity index (χ0v) is 21.7. The summed E-state index contributed by atoms with van der Waals surface area (Å²) in [5, 5.41) is 7.45. The third kappa shape index (κ3) is 3.27. The fraction of sp³-hybridized carbons (Fsp3) is 0.324. The lowest BCUT2D eigenvalue weighted by Gasteiger charge is -2.30. The van der Waals surface area contributed by atoms with Crippen LogP contribution in [-0.2, 0) is 5.41 Å². The van der Waals surface area contributed by atoms with Crippen molar-refractivity contribution in [3.8, 4) is 22.8 Å². The Morgan fingerprint density at radius 3 is 2.39 bits per heavy atom. The Kier molecular flexibility index (Phi) is 4.74. The molecule has 1 aliphatic heterocycles. The molecule has 0 radical (unpaired) electrons. The lowest BCUT2D eigenvalue weighted by molar-refractivity contribution is 0.444. The predicted molar refractivity (Wildman–Crippen MR) is 152 cm³/mol. The molecular weight excluding hydrogens is 438 g/mol. The minimum Gasteiger partial charge on any atom is -0.456 e. The van der Waals surface area contributed by atoms with Crippen molar-refractivity contribution >= 4 is 32.3 Å². The van der Waals surface area contributed by atoms with Crippen molar-refractivity contribution in [1.82, 2.24) is 4.98 Å². The highest BCUT2D eigenvalue weighted by Gasteiger charge is 2.31. The normalized spacial score (nSPS) is 15.9. The summed E-state index contributed by atoms with van der Waals surface area (Å²) in [6.45, 7) is 9.01. The zero-order chi connectivity index (χ0) is 24.6. The van der Waals surface area contributed by atoms with Crippen LogP contribution in [0.25, 0.3) is 43.6 Å². The first kappa shape index (κ1) is 21.9. The minimum atomic E-state index is -0.0742. The van der Waals surface area contributed by atoms with Gasteiger partial charge in [0.05, 0.1) is 11.1 Å². The maximum atomic E-state index is 6.90. The average Bonchev–Trinajstić information content (AvgIpc) is 2.87. The molecule has 0 spiro atoms. The van der Waals surface area contributed by atoms with Crippen LogP contribution in [-0.4, -0.2) is 4.98 Å². The molecule has 0 unspecified atom stereocenters. The van der Waals surface area contributed by atoms with E-state index in [-0.39, 0.29) is 5.41 Å². The number of aromatic nitrogens is 1. The maximum Gasteiger partial charge on any atom is 0.141 e. The largest absolute Gasteiger partial charge is 0.456 e. The molecule has 7 rings (SSSR count). The number of ether oxygens (including phenoxy) is 1. The summed E-state index contributed by atoms with van der Waals surface area (Å²) in [5.41, 5.74) is 6.08. The van der Waals surface area contributed by atoms with Gasteiger partial charge < -0.3 is 4.74 Å². The summed E-state index contributed by atoms with van der Waals surface area (Å²) < 4.78 is 6.90. The molecule has 0 atom stereocenters. The van der Waals surface area contributed by atoms with Crippen LogP contribution in [0, 0.1) is 6.92 Å². The SMILES string of the molecule is Cc1ccc2c(C(C)(C)C)c3c(cc2c1)-c1nccc2c1c(cc1cc(C4CCCCC4)ccc12)O3. The topological polar surface area (TPSA) is 22.1 Å². The van der Waals surface area contributed by atoms with E-state index in [9.17, 15) is 0 Å². The van der Waals surface area contributed by atoms with Crippen LogP contribution in [0.15, 0.2) is 60.8 Å². The van der Waals surface area contributed by atoms with Gasteiger partial charge in [0.1, 0.15) is 11.5 Å². The zero-order valence-electron chi connectivity index (χ0n) is 21.7. The first-order chi connectivity index (χ1) is 17.4. The number of pyridine rings is 1. The molecule has 5 aromatic rings. The summed E-state index contributed by atoms with van der Waals surface area (Å²) in [4.78, 5) is 4.95.